The number of halogens is 5. The highest BCUT2D eigenvalue weighted by Crippen LogP contribution is 2.41. The molecule has 0 saturated carbocycles. The summed E-state index contributed by atoms with van der Waals surface area (Å²) in [5.41, 5.74) is 6.25. The van der Waals surface area contributed by atoms with Gasteiger partial charge < -0.3 is 10.7 Å². The van der Waals surface area contributed by atoms with Gasteiger partial charge in [0, 0.05) is 11.6 Å². The van der Waals surface area contributed by atoms with E-state index in [4.69, 9.17) is 15.3 Å². The van der Waals surface area contributed by atoms with Gasteiger partial charge in [-0.15, -0.1) is 0 Å². The zero-order valence-corrected chi connectivity index (χ0v) is 25.0. The zero-order valence-electron chi connectivity index (χ0n) is 24.2. The Morgan fingerprint density at radius 3 is 2.14 bits per heavy atom. The number of nitrogens with one attached hydrogen (secondary N) is 1. The van der Waals surface area contributed by atoms with E-state index in [2.05, 4.69) is 15.0 Å². The summed E-state index contributed by atoms with van der Waals surface area (Å²) >= 11 is 0. The van der Waals surface area contributed by atoms with Gasteiger partial charge in [-0.3, -0.25) is 9.12 Å². The maximum absolute atomic E-state index is 14.9. The van der Waals surface area contributed by atoms with E-state index in [1.165, 1.54) is 24.3 Å². The number of aromatic amines is 1. The minimum atomic E-state index is -4.83. The number of rotatable bonds is 4. The molecule has 0 spiro atoms. The monoisotopic (exact) mass is 636 g/mol. The standard InChI is InChI=1S/C28H25F5N6.CH4O3S/c1-14(27(2,3)4)39-25-20(36-26(39)34)13-12-19(35-25)23-22(15-8-10-16(29)11-9-15)37-24(38-23)21-17(28(31,32)33)6-5-7-18(21)30;1-5(2,3)4/h5-14H,1-4H3,(H2,34,36)(H,37,38);1H3,(H,2,3,4)/t14-;/m1./s1. The quantitative estimate of drug-likeness (QED) is 0.141. The first-order chi connectivity index (χ1) is 20.3. The Kier molecular flexibility index (Phi) is 8.59. The molecule has 15 heteroatoms. The lowest BCUT2D eigenvalue weighted by Crippen LogP contribution is -2.23. The molecular formula is C29H29F5N6O3S. The number of nitrogen functional groups attached to an aromatic ring is 1. The molecule has 3 heterocycles. The molecule has 44 heavy (non-hydrogen) atoms. The Labute approximate surface area is 249 Å². The van der Waals surface area contributed by atoms with Crippen LogP contribution in [0.4, 0.5) is 27.9 Å². The van der Waals surface area contributed by atoms with E-state index in [1.54, 1.807) is 16.7 Å². The lowest BCUT2D eigenvalue weighted by molar-refractivity contribution is -0.137. The molecule has 0 aliphatic rings. The second kappa shape index (κ2) is 11.6. The molecule has 2 aromatic carbocycles. The van der Waals surface area contributed by atoms with Gasteiger partial charge in [-0.2, -0.15) is 21.6 Å². The number of nitrogens with two attached hydrogens (primary N) is 1. The number of hydrogen-bond acceptors (Lipinski definition) is 6. The van der Waals surface area contributed by atoms with Crippen LogP contribution in [0.3, 0.4) is 0 Å². The van der Waals surface area contributed by atoms with Crippen molar-refractivity contribution in [2.24, 2.45) is 5.41 Å². The second-order valence-electron chi connectivity index (χ2n) is 11.1. The van der Waals surface area contributed by atoms with Crippen molar-refractivity contribution < 1.29 is 34.9 Å². The fourth-order valence-electron chi connectivity index (χ4n) is 4.39. The number of aromatic nitrogens is 5. The Balaban J connectivity index is 0.000000818. The molecule has 4 N–H and O–H groups in total. The number of imidazole rings is 2. The summed E-state index contributed by atoms with van der Waals surface area (Å²) < 4.78 is 97.7. The molecule has 0 saturated heterocycles. The van der Waals surface area contributed by atoms with Gasteiger partial charge in [-0.25, -0.2) is 23.7 Å². The molecule has 9 nitrogen and oxygen atoms in total. The van der Waals surface area contributed by atoms with Crippen LogP contribution >= 0.6 is 0 Å². The van der Waals surface area contributed by atoms with Crippen molar-refractivity contribution in [2.75, 3.05) is 12.0 Å². The van der Waals surface area contributed by atoms with Crippen LogP contribution in [0.5, 0.6) is 0 Å². The van der Waals surface area contributed by atoms with Crippen molar-refractivity contribution >= 4 is 27.2 Å². The van der Waals surface area contributed by atoms with Crippen LogP contribution in [0.25, 0.3) is 45.2 Å². The lowest BCUT2D eigenvalue weighted by atomic mass is 9.88. The predicted molar refractivity (Wildman–Crippen MR) is 157 cm³/mol. The van der Waals surface area contributed by atoms with Crippen molar-refractivity contribution in [1.29, 1.82) is 0 Å². The average Bonchev–Trinajstić information content (AvgIpc) is 3.46. The lowest BCUT2D eigenvalue weighted by Gasteiger charge is -2.29. The van der Waals surface area contributed by atoms with Crippen molar-refractivity contribution in [3.63, 3.8) is 0 Å². The SMILES string of the molecule is CS(=O)(=O)O.C[C@@H](n1c(N)nc2ccc(-c3[nH]c(-c4c(F)cccc4C(F)(F)F)nc3-c3ccc(F)cc3)nc21)C(C)(C)C. The normalized spacial score (nSPS) is 13.1. The highest BCUT2D eigenvalue weighted by atomic mass is 32.2. The predicted octanol–water partition coefficient (Wildman–Crippen LogP) is 7.15. The van der Waals surface area contributed by atoms with Gasteiger partial charge in [0.05, 0.1) is 34.5 Å². The number of anilines is 1. The van der Waals surface area contributed by atoms with Crippen molar-refractivity contribution in [1.82, 2.24) is 24.5 Å². The molecular weight excluding hydrogens is 607 g/mol. The number of nitrogens with zero attached hydrogens (tertiary/aromatic N) is 4. The van der Waals surface area contributed by atoms with Gasteiger partial charge in [0.1, 0.15) is 23.0 Å². The third kappa shape index (κ3) is 7.05. The maximum Gasteiger partial charge on any atom is 0.417 e. The summed E-state index contributed by atoms with van der Waals surface area (Å²) in [5.74, 6) is -1.67. The van der Waals surface area contributed by atoms with Crippen LogP contribution in [0.1, 0.15) is 39.3 Å². The molecule has 0 unspecified atom stereocenters. The van der Waals surface area contributed by atoms with E-state index in [0.717, 1.165) is 18.2 Å². The van der Waals surface area contributed by atoms with Crippen LogP contribution < -0.4 is 5.73 Å². The summed E-state index contributed by atoms with van der Waals surface area (Å²) in [5, 5.41) is 0. The van der Waals surface area contributed by atoms with Crippen molar-refractivity contribution in [3.05, 3.63) is 71.8 Å². The van der Waals surface area contributed by atoms with Gasteiger partial charge >= 0.3 is 6.18 Å². The van der Waals surface area contributed by atoms with E-state index in [-0.39, 0.29) is 34.6 Å². The average molecular weight is 637 g/mol. The van der Waals surface area contributed by atoms with E-state index in [1.807, 2.05) is 27.7 Å². The minimum absolute atomic E-state index is 0.105. The van der Waals surface area contributed by atoms with Gasteiger partial charge in [-0.1, -0.05) is 26.8 Å². The first-order valence-electron chi connectivity index (χ1n) is 13.0. The third-order valence-electron chi connectivity index (χ3n) is 6.84. The molecule has 1 atom stereocenters. The van der Waals surface area contributed by atoms with Crippen LogP contribution in [-0.4, -0.2) is 43.7 Å². The fourth-order valence-corrected chi connectivity index (χ4v) is 4.39. The molecule has 0 radical (unpaired) electrons. The van der Waals surface area contributed by atoms with Crippen LogP contribution in [-0.2, 0) is 16.3 Å². The maximum atomic E-state index is 14.9. The highest BCUT2D eigenvalue weighted by molar-refractivity contribution is 7.85. The summed E-state index contributed by atoms with van der Waals surface area (Å²) in [7, 11) is -3.67. The number of pyridine rings is 1. The first-order valence-corrected chi connectivity index (χ1v) is 14.9. The second-order valence-corrected chi connectivity index (χ2v) is 12.6. The molecule has 234 valence electrons. The Bertz CT molecular complexity index is 1920. The van der Waals surface area contributed by atoms with E-state index < -0.39 is 39.1 Å². The molecule has 0 aliphatic heterocycles. The number of H-pyrrole nitrogens is 1. The summed E-state index contributed by atoms with van der Waals surface area (Å²) in [6.07, 6.45) is -4.11. The number of hydrogen-bond donors (Lipinski definition) is 3. The molecule has 5 rings (SSSR count). The molecule has 0 aliphatic carbocycles. The molecule has 0 amide bonds. The molecule has 0 fully saturated rings. The van der Waals surface area contributed by atoms with Gasteiger partial charge in [0.2, 0.25) is 5.95 Å². The smallest absolute Gasteiger partial charge is 0.369 e. The third-order valence-corrected chi connectivity index (χ3v) is 6.84. The summed E-state index contributed by atoms with van der Waals surface area (Å²) in [4.78, 5) is 16.4. The van der Waals surface area contributed by atoms with Gasteiger partial charge in [0.15, 0.2) is 5.65 Å². The fraction of sp³-hybridized carbons (Fsp3) is 0.276. The Hall–Kier alpha value is -4.37. The van der Waals surface area contributed by atoms with Crippen molar-refractivity contribution in [2.45, 2.75) is 39.9 Å². The van der Waals surface area contributed by atoms with E-state index in [9.17, 15) is 30.4 Å². The Morgan fingerprint density at radius 2 is 1.57 bits per heavy atom. The number of alkyl halides is 3. The zero-order chi connectivity index (χ0) is 32.8. The molecule has 5 aromatic rings. The topological polar surface area (TPSA) is 140 Å². The minimum Gasteiger partial charge on any atom is -0.369 e. The Morgan fingerprint density at radius 1 is 0.955 bits per heavy atom. The van der Waals surface area contributed by atoms with E-state index >= 15 is 0 Å². The van der Waals surface area contributed by atoms with Gasteiger partial charge in [0.25, 0.3) is 10.1 Å². The molecule has 3 aromatic heterocycles. The van der Waals surface area contributed by atoms with Crippen molar-refractivity contribution in [3.8, 4) is 34.0 Å². The summed E-state index contributed by atoms with van der Waals surface area (Å²) in [6.45, 7) is 8.13. The van der Waals surface area contributed by atoms with Crippen LogP contribution in [0, 0.1) is 17.0 Å². The molecule has 0 bridgehead atoms. The number of fused-ring (bicyclic) bond motifs is 1. The largest absolute Gasteiger partial charge is 0.417 e. The van der Waals surface area contributed by atoms with Crippen LogP contribution in [0.15, 0.2) is 54.6 Å². The number of benzene rings is 2. The summed E-state index contributed by atoms with van der Waals surface area (Å²) in [6, 6.07) is 11.2. The van der Waals surface area contributed by atoms with E-state index in [0.29, 0.717) is 28.7 Å². The van der Waals surface area contributed by atoms with Gasteiger partial charge in [-0.05, 0) is 60.9 Å². The highest BCUT2D eigenvalue weighted by Gasteiger charge is 2.36. The first kappa shape index (κ1) is 32.5. The van der Waals surface area contributed by atoms with Crippen LogP contribution in [0.2, 0.25) is 0 Å².